The Morgan fingerprint density at radius 1 is 1.00 bits per heavy atom. The number of halogens is 3. The van der Waals surface area contributed by atoms with Gasteiger partial charge in [-0.2, -0.15) is 13.2 Å². The van der Waals surface area contributed by atoms with Crippen LogP contribution in [0.5, 0.6) is 0 Å². The third-order valence-corrected chi connectivity index (χ3v) is 3.33. The van der Waals surface area contributed by atoms with Crippen LogP contribution in [-0.4, -0.2) is 12.0 Å². The lowest BCUT2D eigenvalue weighted by Gasteiger charge is -2.05. The maximum Gasteiger partial charge on any atom is 0.389 e. The molecule has 5 heteroatoms. The number of carbonyl (C=O) groups is 1. The lowest BCUT2D eigenvalue weighted by Crippen LogP contribution is -2.10. The number of hydrogen-bond donors (Lipinski definition) is 0. The number of rotatable bonds is 3. The summed E-state index contributed by atoms with van der Waals surface area (Å²) in [6.07, 6.45) is -5.96. The Labute approximate surface area is 118 Å². The molecule has 108 valence electrons. The summed E-state index contributed by atoms with van der Waals surface area (Å²) in [7, 11) is 0. The Hall–Kier alpha value is -2.30. The van der Waals surface area contributed by atoms with Crippen molar-refractivity contribution in [3.8, 4) is 0 Å². The van der Waals surface area contributed by atoms with Crippen molar-refractivity contribution in [3.63, 3.8) is 0 Å². The second-order valence-corrected chi connectivity index (χ2v) is 4.85. The van der Waals surface area contributed by atoms with E-state index in [1.807, 2.05) is 18.2 Å². The second kappa shape index (κ2) is 4.91. The van der Waals surface area contributed by atoms with Crippen molar-refractivity contribution in [2.45, 2.75) is 19.0 Å². The van der Waals surface area contributed by atoms with E-state index in [0.29, 0.717) is 11.2 Å². The van der Waals surface area contributed by atoms with Gasteiger partial charge in [0.15, 0.2) is 5.78 Å². The smallest absolute Gasteiger partial charge is 0.389 e. The van der Waals surface area contributed by atoms with Gasteiger partial charge in [0.2, 0.25) is 0 Å². The topological polar surface area (TPSA) is 30.2 Å². The molecule has 3 aromatic rings. The van der Waals surface area contributed by atoms with Gasteiger partial charge in [-0.05, 0) is 24.3 Å². The second-order valence-electron chi connectivity index (χ2n) is 4.85. The molecule has 0 fully saturated rings. The number of alkyl halides is 3. The summed E-state index contributed by atoms with van der Waals surface area (Å²) in [6.45, 7) is 0. The summed E-state index contributed by atoms with van der Waals surface area (Å²) in [4.78, 5) is 11.9. The molecule has 3 rings (SSSR count). The minimum atomic E-state index is -4.32. The highest BCUT2D eigenvalue weighted by Crippen LogP contribution is 2.30. The lowest BCUT2D eigenvalue weighted by molar-refractivity contribution is -0.133. The van der Waals surface area contributed by atoms with Crippen LogP contribution in [0.15, 0.2) is 46.9 Å². The molecule has 0 aliphatic rings. The average Bonchev–Trinajstić information content (AvgIpc) is 2.81. The van der Waals surface area contributed by atoms with Gasteiger partial charge in [-0.15, -0.1) is 0 Å². The van der Waals surface area contributed by atoms with Crippen molar-refractivity contribution < 1.29 is 22.4 Å². The highest BCUT2D eigenvalue weighted by molar-refractivity contribution is 6.08. The van der Waals surface area contributed by atoms with Gasteiger partial charge in [-0.1, -0.05) is 18.2 Å². The minimum Gasteiger partial charge on any atom is -0.456 e. The predicted octanol–water partition coefficient (Wildman–Crippen LogP) is 5.11. The van der Waals surface area contributed by atoms with E-state index in [1.54, 1.807) is 18.2 Å². The average molecular weight is 292 g/mol. The van der Waals surface area contributed by atoms with Crippen molar-refractivity contribution in [2.75, 3.05) is 0 Å². The van der Waals surface area contributed by atoms with Crippen LogP contribution in [0, 0.1) is 0 Å². The molecule has 0 atom stereocenters. The van der Waals surface area contributed by atoms with E-state index in [9.17, 15) is 18.0 Å². The molecule has 2 aromatic carbocycles. The largest absolute Gasteiger partial charge is 0.456 e. The zero-order valence-corrected chi connectivity index (χ0v) is 10.9. The van der Waals surface area contributed by atoms with E-state index in [1.165, 1.54) is 6.07 Å². The Bertz CT molecular complexity index is 815. The summed E-state index contributed by atoms with van der Waals surface area (Å²) in [5, 5.41) is 1.58. The number of hydrogen-bond acceptors (Lipinski definition) is 2. The summed E-state index contributed by atoms with van der Waals surface area (Å²) >= 11 is 0. The molecule has 0 saturated carbocycles. The summed E-state index contributed by atoms with van der Waals surface area (Å²) < 4.78 is 42.1. The first-order valence-corrected chi connectivity index (χ1v) is 6.45. The van der Waals surface area contributed by atoms with Crippen LogP contribution < -0.4 is 0 Å². The van der Waals surface area contributed by atoms with Crippen molar-refractivity contribution in [1.82, 2.24) is 0 Å². The zero-order valence-electron chi connectivity index (χ0n) is 10.9. The zero-order chi connectivity index (χ0) is 15.0. The van der Waals surface area contributed by atoms with E-state index < -0.39 is 24.8 Å². The lowest BCUT2D eigenvalue weighted by atomic mass is 10.0. The van der Waals surface area contributed by atoms with Gasteiger partial charge in [0.25, 0.3) is 0 Å². The van der Waals surface area contributed by atoms with E-state index in [-0.39, 0.29) is 5.56 Å². The third-order valence-electron chi connectivity index (χ3n) is 3.33. The Balaban J connectivity index is 1.97. The van der Waals surface area contributed by atoms with Crippen molar-refractivity contribution in [2.24, 2.45) is 0 Å². The van der Waals surface area contributed by atoms with Gasteiger partial charge in [-0.3, -0.25) is 4.79 Å². The SMILES string of the molecule is O=C(CCC(F)(F)F)c1ccc2oc3ccccc3c2c1. The normalized spacial score (nSPS) is 12.1. The van der Waals surface area contributed by atoms with Gasteiger partial charge >= 0.3 is 6.18 Å². The van der Waals surface area contributed by atoms with E-state index in [0.717, 1.165) is 10.8 Å². The number of Topliss-reactive ketones (excluding diaryl/α,β-unsaturated/α-hetero) is 1. The van der Waals surface area contributed by atoms with Gasteiger partial charge in [0.05, 0.1) is 6.42 Å². The molecule has 2 nitrogen and oxygen atoms in total. The van der Waals surface area contributed by atoms with Crippen LogP contribution in [0.2, 0.25) is 0 Å². The standard InChI is InChI=1S/C16H11F3O2/c17-16(18,19)8-7-13(20)10-5-6-15-12(9-10)11-3-1-2-4-14(11)21-15/h1-6,9H,7-8H2. The first-order chi connectivity index (χ1) is 9.94. The molecule has 1 aromatic heterocycles. The molecule has 0 amide bonds. The number of furan rings is 1. The van der Waals surface area contributed by atoms with E-state index >= 15 is 0 Å². The molecule has 21 heavy (non-hydrogen) atoms. The van der Waals surface area contributed by atoms with Crippen molar-refractivity contribution in [1.29, 1.82) is 0 Å². The first kappa shape index (κ1) is 13.7. The molecule has 0 N–H and O–H groups in total. The fourth-order valence-electron chi connectivity index (χ4n) is 2.30. The Morgan fingerprint density at radius 2 is 1.71 bits per heavy atom. The highest BCUT2D eigenvalue weighted by atomic mass is 19.4. The molecule has 0 bridgehead atoms. The monoisotopic (exact) mass is 292 g/mol. The highest BCUT2D eigenvalue weighted by Gasteiger charge is 2.28. The molecular formula is C16H11F3O2. The van der Waals surface area contributed by atoms with Crippen molar-refractivity contribution >= 4 is 27.7 Å². The first-order valence-electron chi connectivity index (χ1n) is 6.45. The van der Waals surface area contributed by atoms with Gasteiger partial charge < -0.3 is 4.42 Å². The molecule has 0 aliphatic carbocycles. The molecule has 0 spiro atoms. The minimum absolute atomic E-state index is 0.276. The molecule has 0 radical (unpaired) electrons. The number of ketones is 1. The van der Waals surface area contributed by atoms with Crippen LogP contribution in [0.3, 0.4) is 0 Å². The van der Waals surface area contributed by atoms with Crippen LogP contribution in [0.25, 0.3) is 21.9 Å². The van der Waals surface area contributed by atoms with Crippen LogP contribution in [-0.2, 0) is 0 Å². The Kier molecular flexibility index (Phi) is 3.20. The number of fused-ring (bicyclic) bond motifs is 3. The fraction of sp³-hybridized carbons (Fsp3) is 0.188. The summed E-state index contributed by atoms with van der Waals surface area (Å²) in [5.41, 5.74) is 1.58. The van der Waals surface area contributed by atoms with Crippen LogP contribution in [0.4, 0.5) is 13.2 Å². The van der Waals surface area contributed by atoms with Crippen LogP contribution >= 0.6 is 0 Å². The van der Waals surface area contributed by atoms with Gasteiger partial charge in [-0.25, -0.2) is 0 Å². The maximum atomic E-state index is 12.2. The molecule has 0 aliphatic heterocycles. The maximum absolute atomic E-state index is 12.2. The van der Waals surface area contributed by atoms with E-state index in [4.69, 9.17) is 4.42 Å². The summed E-state index contributed by atoms with van der Waals surface area (Å²) in [6, 6.07) is 12.1. The van der Waals surface area contributed by atoms with E-state index in [2.05, 4.69) is 0 Å². The predicted molar refractivity (Wildman–Crippen MR) is 73.3 cm³/mol. The number of carbonyl (C=O) groups excluding carboxylic acids is 1. The van der Waals surface area contributed by atoms with Crippen LogP contribution in [0.1, 0.15) is 23.2 Å². The quantitative estimate of drug-likeness (QED) is 0.628. The molecular weight excluding hydrogens is 281 g/mol. The van der Waals surface area contributed by atoms with Gasteiger partial charge in [0, 0.05) is 22.8 Å². The van der Waals surface area contributed by atoms with Crippen molar-refractivity contribution in [3.05, 3.63) is 48.0 Å². The number of benzene rings is 2. The molecule has 1 heterocycles. The van der Waals surface area contributed by atoms with Gasteiger partial charge in [0.1, 0.15) is 11.2 Å². The molecule has 0 saturated heterocycles. The fourth-order valence-corrected chi connectivity index (χ4v) is 2.30. The molecule has 0 unspecified atom stereocenters. The third kappa shape index (κ3) is 2.77. The Morgan fingerprint density at radius 3 is 2.48 bits per heavy atom. The summed E-state index contributed by atoms with van der Waals surface area (Å²) in [5.74, 6) is -0.514. The number of para-hydroxylation sites is 1.